The summed E-state index contributed by atoms with van der Waals surface area (Å²) in [5.41, 5.74) is 1.34. The average molecular weight is 469 g/mol. The second kappa shape index (κ2) is 7.13. The first kappa shape index (κ1) is 17.3. The molecule has 0 unspecified atom stereocenters. The SMILES string of the molecule is O=C1S/C(=C\c2cc(Br)cc(Br)c2O)C(=O)N1Cc1ccccc1. The molecule has 2 aromatic carbocycles. The van der Waals surface area contributed by atoms with E-state index in [1.165, 1.54) is 11.0 Å². The van der Waals surface area contributed by atoms with Crippen LogP contribution >= 0.6 is 43.6 Å². The minimum absolute atomic E-state index is 0.0214. The van der Waals surface area contributed by atoms with Crippen molar-refractivity contribution in [3.8, 4) is 5.75 Å². The smallest absolute Gasteiger partial charge is 0.293 e. The average Bonchev–Trinajstić information content (AvgIpc) is 2.81. The van der Waals surface area contributed by atoms with Gasteiger partial charge in [0.15, 0.2) is 0 Å². The van der Waals surface area contributed by atoms with E-state index in [1.807, 2.05) is 30.3 Å². The maximum Gasteiger partial charge on any atom is 0.293 e. The fourth-order valence-corrected chi connectivity index (χ4v) is 4.33. The third-order valence-electron chi connectivity index (χ3n) is 3.40. The minimum Gasteiger partial charge on any atom is -0.506 e. The standard InChI is InChI=1S/C17H11Br2NO3S/c18-12-6-11(15(21)13(19)8-12)7-14-16(22)20(17(23)24-14)9-10-4-2-1-3-5-10/h1-8,21H,9H2/b14-7-. The van der Waals surface area contributed by atoms with Crippen LogP contribution in [0.5, 0.6) is 5.75 Å². The largest absolute Gasteiger partial charge is 0.506 e. The van der Waals surface area contributed by atoms with E-state index < -0.39 is 0 Å². The minimum atomic E-state index is -0.357. The van der Waals surface area contributed by atoms with Gasteiger partial charge in [0, 0.05) is 10.0 Å². The molecule has 0 aromatic heterocycles. The predicted octanol–water partition coefficient (Wildman–Crippen LogP) is 5.15. The van der Waals surface area contributed by atoms with Crippen LogP contribution in [0.15, 0.2) is 56.3 Å². The molecule has 0 atom stereocenters. The van der Waals surface area contributed by atoms with Gasteiger partial charge in [-0.15, -0.1) is 0 Å². The van der Waals surface area contributed by atoms with Crippen LogP contribution < -0.4 is 0 Å². The number of thioether (sulfide) groups is 1. The van der Waals surface area contributed by atoms with Crippen molar-refractivity contribution >= 4 is 60.8 Å². The summed E-state index contributed by atoms with van der Waals surface area (Å²) in [7, 11) is 0. The van der Waals surface area contributed by atoms with Crippen LogP contribution in [0.4, 0.5) is 4.79 Å². The van der Waals surface area contributed by atoms with Crippen LogP contribution in [0, 0.1) is 0 Å². The van der Waals surface area contributed by atoms with Gasteiger partial charge in [0.05, 0.1) is 15.9 Å². The molecule has 0 radical (unpaired) electrons. The van der Waals surface area contributed by atoms with Crippen LogP contribution in [0.25, 0.3) is 6.08 Å². The molecule has 0 aliphatic carbocycles. The summed E-state index contributed by atoms with van der Waals surface area (Å²) < 4.78 is 1.26. The lowest BCUT2D eigenvalue weighted by Crippen LogP contribution is -2.27. The number of hydrogen-bond donors (Lipinski definition) is 1. The summed E-state index contributed by atoms with van der Waals surface area (Å²) in [5, 5.41) is 9.79. The molecule has 0 saturated carbocycles. The van der Waals surface area contributed by atoms with Crippen molar-refractivity contribution in [3.05, 3.63) is 67.4 Å². The van der Waals surface area contributed by atoms with Gasteiger partial charge in [-0.2, -0.15) is 0 Å². The van der Waals surface area contributed by atoms with Crippen molar-refractivity contribution in [2.75, 3.05) is 0 Å². The van der Waals surface area contributed by atoms with Gasteiger partial charge < -0.3 is 5.11 Å². The number of imide groups is 1. The number of amides is 2. The van der Waals surface area contributed by atoms with Crippen LogP contribution in [0.1, 0.15) is 11.1 Å². The lowest BCUT2D eigenvalue weighted by molar-refractivity contribution is -0.123. The van der Waals surface area contributed by atoms with Gasteiger partial charge in [0.1, 0.15) is 5.75 Å². The summed E-state index contributed by atoms with van der Waals surface area (Å²) in [6, 6.07) is 12.7. The highest BCUT2D eigenvalue weighted by molar-refractivity contribution is 9.11. The highest BCUT2D eigenvalue weighted by atomic mass is 79.9. The first-order valence-electron chi connectivity index (χ1n) is 6.93. The Morgan fingerprint density at radius 2 is 1.83 bits per heavy atom. The Hall–Kier alpha value is -1.57. The maximum absolute atomic E-state index is 12.5. The quantitative estimate of drug-likeness (QED) is 0.632. The zero-order chi connectivity index (χ0) is 17.3. The van der Waals surface area contributed by atoms with Crippen LogP contribution in [-0.2, 0) is 11.3 Å². The van der Waals surface area contributed by atoms with Crippen molar-refractivity contribution < 1.29 is 14.7 Å². The number of halogens is 2. The lowest BCUT2D eigenvalue weighted by atomic mass is 10.2. The Balaban J connectivity index is 1.89. The van der Waals surface area contributed by atoms with Crippen molar-refractivity contribution in [2.45, 2.75) is 6.54 Å². The number of phenols is 1. The fourth-order valence-electron chi connectivity index (χ4n) is 2.24. The van der Waals surface area contributed by atoms with Crippen molar-refractivity contribution in [1.82, 2.24) is 4.90 Å². The van der Waals surface area contributed by atoms with Crippen molar-refractivity contribution in [3.63, 3.8) is 0 Å². The molecule has 2 aromatic rings. The Morgan fingerprint density at radius 1 is 1.12 bits per heavy atom. The molecule has 1 aliphatic heterocycles. The number of rotatable bonds is 3. The van der Waals surface area contributed by atoms with E-state index in [0.29, 0.717) is 10.0 Å². The first-order chi connectivity index (χ1) is 11.5. The summed E-state index contributed by atoms with van der Waals surface area (Å²) in [4.78, 5) is 26.2. The summed E-state index contributed by atoms with van der Waals surface area (Å²) in [5.74, 6) is -0.336. The molecule has 0 bridgehead atoms. The van der Waals surface area contributed by atoms with Gasteiger partial charge in [-0.1, -0.05) is 46.3 Å². The molecule has 1 N–H and O–H groups in total. The topological polar surface area (TPSA) is 57.6 Å². The summed E-state index contributed by atoms with van der Waals surface area (Å²) in [6.45, 7) is 0.233. The Bertz CT molecular complexity index is 852. The molecule has 1 heterocycles. The molecule has 1 saturated heterocycles. The zero-order valence-corrected chi connectivity index (χ0v) is 16.2. The number of nitrogens with zero attached hydrogens (tertiary/aromatic N) is 1. The number of hydrogen-bond acceptors (Lipinski definition) is 4. The monoisotopic (exact) mass is 467 g/mol. The fraction of sp³-hybridized carbons (Fsp3) is 0.0588. The van der Waals surface area contributed by atoms with E-state index in [2.05, 4.69) is 31.9 Å². The summed E-state index contributed by atoms with van der Waals surface area (Å²) in [6.07, 6.45) is 1.53. The van der Waals surface area contributed by atoms with E-state index in [9.17, 15) is 14.7 Å². The van der Waals surface area contributed by atoms with E-state index in [-0.39, 0.29) is 28.3 Å². The normalized spacial score (nSPS) is 16.2. The first-order valence-corrected chi connectivity index (χ1v) is 9.33. The number of carbonyl (C=O) groups is 2. The number of phenolic OH excluding ortho intramolecular Hbond substituents is 1. The van der Waals surface area contributed by atoms with Crippen LogP contribution in [0.2, 0.25) is 0 Å². The van der Waals surface area contributed by atoms with Crippen molar-refractivity contribution in [2.24, 2.45) is 0 Å². The van der Waals surface area contributed by atoms with Gasteiger partial charge in [-0.05, 0) is 51.5 Å². The Morgan fingerprint density at radius 3 is 2.54 bits per heavy atom. The molecule has 2 amide bonds. The van der Waals surface area contributed by atoms with E-state index in [4.69, 9.17) is 0 Å². The highest BCUT2D eigenvalue weighted by Crippen LogP contribution is 2.37. The molecule has 3 rings (SSSR count). The molecular formula is C17H11Br2NO3S. The third-order valence-corrected chi connectivity index (χ3v) is 5.37. The second-order valence-electron chi connectivity index (χ2n) is 5.08. The van der Waals surface area contributed by atoms with Gasteiger partial charge >= 0.3 is 0 Å². The molecule has 24 heavy (non-hydrogen) atoms. The van der Waals surface area contributed by atoms with Gasteiger partial charge in [-0.25, -0.2) is 0 Å². The highest BCUT2D eigenvalue weighted by Gasteiger charge is 2.35. The molecule has 4 nitrogen and oxygen atoms in total. The molecule has 0 spiro atoms. The maximum atomic E-state index is 12.5. The van der Waals surface area contributed by atoms with E-state index >= 15 is 0 Å². The number of benzene rings is 2. The predicted molar refractivity (Wildman–Crippen MR) is 101 cm³/mol. The number of carbonyl (C=O) groups excluding carboxylic acids is 2. The van der Waals surface area contributed by atoms with Gasteiger partial charge in [0.2, 0.25) is 0 Å². The molecule has 122 valence electrons. The molecule has 1 aliphatic rings. The number of aromatic hydroxyl groups is 1. The van der Waals surface area contributed by atoms with Crippen LogP contribution in [0.3, 0.4) is 0 Å². The molecular weight excluding hydrogens is 458 g/mol. The van der Waals surface area contributed by atoms with Crippen LogP contribution in [-0.4, -0.2) is 21.2 Å². The van der Waals surface area contributed by atoms with E-state index in [1.54, 1.807) is 12.1 Å². The third kappa shape index (κ3) is 3.58. The van der Waals surface area contributed by atoms with Gasteiger partial charge in [0.25, 0.3) is 11.1 Å². The summed E-state index contributed by atoms with van der Waals surface area (Å²) >= 11 is 7.46. The Kier molecular flexibility index (Phi) is 5.12. The van der Waals surface area contributed by atoms with Gasteiger partial charge in [-0.3, -0.25) is 14.5 Å². The van der Waals surface area contributed by atoms with E-state index in [0.717, 1.165) is 21.8 Å². The van der Waals surface area contributed by atoms with Crippen molar-refractivity contribution in [1.29, 1.82) is 0 Å². The zero-order valence-electron chi connectivity index (χ0n) is 12.2. The molecule has 1 fully saturated rings. The lowest BCUT2D eigenvalue weighted by Gasteiger charge is -2.12. The molecule has 7 heteroatoms. The second-order valence-corrected chi connectivity index (χ2v) is 7.84. The Labute approximate surface area is 159 Å².